The van der Waals surface area contributed by atoms with Crippen molar-refractivity contribution in [3.8, 4) is 0 Å². The Morgan fingerprint density at radius 3 is 2.62 bits per heavy atom. The molecule has 2 rings (SSSR count). The third-order valence-electron chi connectivity index (χ3n) is 5.49. The fourth-order valence-corrected chi connectivity index (χ4v) is 4.19. The lowest BCUT2D eigenvalue weighted by atomic mass is 9.83. The summed E-state index contributed by atoms with van der Waals surface area (Å²) in [7, 11) is 0. The van der Waals surface area contributed by atoms with E-state index in [9.17, 15) is 4.79 Å². The third-order valence-corrected chi connectivity index (χ3v) is 5.49. The van der Waals surface area contributed by atoms with E-state index in [1.54, 1.807) is 0 Å². The number of likely N-dealkylation sites (tertiary alicyclic amines) is 1. The van der Waals surface area contributed by atoms with Crippen molar-refractivity contribution in [3.05, 3.63) is 0 Å². The smallest absolute Gasteiger partial charge is 0.222 e. The van der Waals surface area contributed by atoms with Crippen molar-refractivity contribution in [2.24, 2.45) is 17.6 Å². The summed E-state index contributed by atoms with van der Waals surface area (Å²) in [6.07, 6.45) is 13.0. The number of carbonyl (C=O) groups excluding carboxylic acids is 1. The van der Waals surface area contributed by atoms with Crippen LogP contribution in [-0.4, -0.2) is 29.9 Å². The first-order chi connectivity index (χ1) is 10.2. The van der Waals surface area contributed by atoms with Crippen LogP contribution in [0.5, 0.6) is 0 Å². The summed E-state index contributed by atoms with van der Waals surface area (Å²) >= 11 is 0. The van der Waals surface area contributed by atoms with Crippen molar-refractivity contribution in [1.82, 2.24) is 4.90 Å². The molecule has 3 heteroatoms. The first-order valence-electron chi connectivity index (χ1n) is 9.22. The van der Waals surface area contributed by atoms with Crippen molar-refractivity contribution in [2.75, 3.05) is 13.1 Å². The van der Waals surface area contributed by atoms with Gasteiger partial charge in [0.15, 0.2) is 0 Å². The Labute approximate surface area is 130 Å². The molecule has 0 radical (unpaired) electrons. The van der Waals surface area contributed by atoms with Crippen molar-refractivity contribution in [2.45, 2.75) is 83.6 Å². The maximum atomic E-state index is 12.4. The molecule has 2 N–H and O–H groups in total. The number of amides is 1. The van der Waals surface area contributed by atoms with Crippen LogP contribution < -0.4 is 5.73 Å². The molecule has 1 saturated heterocycles. The van der Waals surface area contributed by atoms with Gasteiger partial charge in [0, 0.05) is 25.6 Å². The molecule has 0 aromatic rings. The lowest BCUT2D eigenvalue weighted by Gasteiger charge is -2.27. The van der Waals surface area contributed by atoms with Crippen LogP contribution >= 0.6 is 0 Å². The first kappa shape index (κ1) is 16.8. The van der Waals surface area contributed by atoms with Gasteiger partial charge in [-0.3, -0.25) is 4.79 Å². The molecule has 2 aliphatic rings. The zero-order valence-electron chi connectivity index (χ0n) is 13.9. The monoisotopic (exact) mass is 294 g/mol. The Morgan fingerprint density at radius 1 is 1.05 bits per heavy atom. The second-order valence-electron chi connectivity index (χ2n) is 7.30. The van der Waals surface area contributed by atoms with Gasteiger partial charge < -0.3 is 10.6 Å². The van der Waals surface area contributed by atoms with Crippen LogP contribution in [0.25, 0.3) is 0 Å². The standard InChI is InChI=1S/C18H34N2O/c1-2-5-15-7-4-12-20(13-11-15)18(21)10-9-16-6-3-8-17(19)14-16/h15-17H,2-14,19H2,1H3. The van der Waals surface area contributed by atoms with Crippen LogP contribution in [0, 0.1) is 11.8 Å². The quantitative estimate of drug-likeness (QED) is 0.840. The number of hydrogen-bond acceptors (Lipinski definition) is 2. The van der Waals surface area contributed by atoms with Gasteiger partial charge in [-0.2, -0.15) is 0 Å². The zero-order chi connectivity index (χ0) is 15.1. The Balaban J connectivity index is 1.70. The van der Waals surface area contributed by atoms with Crippen LogP contribution in [0.2, 0.25) is 0 Å². The molecule has 1 amide bonds. The summed E-state index contributed by atoms with van der Waals surface area (Å²) < 4.78 is 0. The van der Waals surface area contributed by atoms with Gasteiger partial charge in [0.05, 0.1) is 0 Å². The molecule has 0 aromatic carbocycles. The van der Waals surface area contributed by atoms with Gasteiger partial charge in [0.2, 0.25) is 5.91 Å². The summed E-state index contributed by atoms with van der Waals surface area (Å²) in [5, 5.41) is 0. The van der Waals surface area contributed by atoms with Gasteiger partial charge in [0.25, 0.3) is 0 Å². The summed E-state index contributed by atoms with van der Waals surface area (Å²) in [6, 6.07) is 0.381. The molecule has 122 valence electrons. The summed E-state index contributed by atoms with van der Waals surface area (Å²) in [4.78, 5) is 14.6. The van der Waals surface area contributed by atoms with Crippen molar-refractivity contribution in [3.63, 3.8) is 0 Å². The number of nitrogens with two attached hydrogens (primary N) is 1. The minimum Gasteiger partial charge on any atom is -0.343 e. The Hall–Kier alpha value is -0.570. The maximum absolute atomic E-state index is 12.4. The summed E-state index contributed by atoms with van der Waals surface area (Å²) in [5.74, 6) is 1.94. The summed E-state index contributed by atoms with van der Waals surface area (Å²) in [5.41, 5.74) is 6.04. The molecule has 21 heavy (non-hydrogen) atoms. The van der Waals surface area contributed by atoms with Crippen LogP contribution in [0.1, 0.15) is 77.6 Å². The Morgan fingerprint density at radius 2 is 1.86 bits per heavy atom. The fraction of sp³-hybridized carbons (Fsp3) is 0.944. The number of rotatable bonds is 5. The molecule has 1 saturated carbocycles. The molecule has 0 aromatic heterocycles. The third kappa shape index (κ3) is 5.61. The second kappa shape index (κ2) is 8.77. The van der Waals surface area contributed by atoms with E-state index in [0.717, 1.165) is 38.3 Å². The average Bonchev–Trinajstić information content (AvgIpc) is 2.71. The van der Waals surface area contributed by atoms with Crippen LogP contribution in [0.15, 0.2) is 0 Å². The highest BCUT2D eigenvalue weighted by Gasteiger charge is 2.23. The van der Waals surface area contributed by atoms with E-state index in [1.165, 1.54) is 51.4 Å². The normalized spacial score (nSPS) is 31.0. The Kier molecular flexibility index (Phi) is 7.01. The zero-order valence-corrected chi connectivity index (χ0v) is 13.9. The van der Waals surface area contributed by atoms with Crippen LogP contribution in [0.3, 0.4) is 0 Å². The lowest BCUT2D eigenvalue weighted by molar-refractivity contribution is -0.131. The minimum atomic E-state index is 0.381. The molecule has 3 unspecified atom stereocenters. The molecule has 0 spiro atoms. The van der Waals surface area contributed by atoms with Crippen LogP contribution in [0.4, 0.5) is 0 Å². The number of nitrogens with zero attached hydrogens (tertiary/aromatic N) is 1. The van der Waals surface area contributed by atoms with Crippen LogP contribution in [-0.2, 0) is 4.79 Å². The van der Waals surface area contributed by atoms with E-state index in [2.05, 4.69) is 11.8 Å². The van der Waals surface area contributed by atoms with Gasteiger partial charge >= 0.3 is 0 Å². The average molecular weight is 294 g/mol. The van der Waals surface area contributed by atoms with Crippen molar-refractivity contribution < 1.29 is 4.79 Å². The minimum absolute atomic E-state index is 0.381. The van der Waals surface area contributed by atoms with E-state index < -0.39 is 0 Å². The lowest BCUT2D eigenvalue weighted by Crippen LogP contribution is -2.33. The van der Waals surface area contributed by atoms with Gasteiger partial charge in [-0.15, -0.1) is 0 Å². The molecule has 1 heterocycles. The molecule has 1 aliphatic carbocycles. The Bertz CT molecular complexity index is 318. The molecule has 3 atom stereocenters. The molecule has 1 aliphatic heterocycles. The second-order valence-corrected chi connectivity index (χ2v) is 7.30. The number of hydrogen-bond donors (Lipinski definition) is 1. The SMILES string of the molecule is CCCC1CCCN(C(=O)CCC2CCCC(N)C2)CC1. The van der Waals surface area contributed by atoms with Gasteiger partial charge in [-0.05, 0) is 50.4 Å². The van der Waals surface area contributed by atoms with Crippen molar-refractivity contribution >= 4 is 5.91 Å². The van der Waals surface area contributed by atoms with E-state index in [-0.39, 0.29) is 0 Å². The van der Waals surface area contributed by atoms with Crippen molar-refractivity contribution in [1.29, 1.82) is 0 Å². The highest BCUT2D eigenvalue weighted by molar-refractivity contribution is 5.76. The maximum Gasteiger partial charge on any atom is 0.222 e. The van der Waals surface area contributed by atoms with E-state index >= 15 is 0 Å². The molecule has 0 bridgehead atoms. The van der Waals surface area contributed by atoms with Gasteiger partial charge in [-0.1, -0.05) is 32.6 Å². The summed E-state index contributed by atoms with van der Waals surface area (Å²) in [6.45, 7) is 4.25. The van der Waals surface area contributed by atoms with E-state index in [1.807, 2.05) is 0 Å². The first-order valence-corrected chi connectivity index (χ1v) is 9.22. The molecular weight excluding hydrogens is 260 g/mol. The molecular formula is C18H34N2O. The van der Waals surface area contributed by atoms with E-state index in [4.69, 9.17) is 5.73 Å². The predicted molar refractivity (Wildman–Crippen MR) is 88.0 cm³/mol. The van der Waals surface area contributed by atoms with Gasteiger partial charge in [-0.25, -0.2) is 0 Å². The molecule has 3 nitrogen and oxygen atoms in total. The number of carbonyl (C=O) groups is 1. The topological polar surface area (TPSA) is 46.3 Å². The highest BCUT2D eigenvalue weighted by Crippen LogP contribution is 2.28. The van der Waals surface area contributed by atoms with E-state index in [0.29, 0.717) is 17.9 Å². The molecule has 2 fully saturated rings. The largest absolute Gasteiger partial charge is 0.343 e. The predicted octanol–water partition coefficient (Wildman–Crippen LogP) is 3.71. The van der Waals surface area contributed by atoms with Gasteiger partial charge in [0.1, 0.15) is 0 Å². The highest BCUT2D eigenvalue weighted by atomic mass is 16.2. The fourth-order valence-electron chi connectivity index (χ4n) is 4.19.